The lowest BCUT2D eigenvalue weighted by Gasteiger charge is -2.20. The minimum Gasteiger partial charge on any atom is -0.315 e. The van der Waals surface area contributed by atoms with Crippen molar-refractivity contribution < 1.29 is 0 Å². The summed E-state index contributed by atoms with van der Waals surface area (Å²) in [6, 6.07) is 13.2. The van der Waals surface area contributed by atoms with Crippen LogP contribution < -0.4 is 5.32 Å². The molecule has 20 heavy (non-hydrogen) atoms. The molecule has 0 heterocycles. The summed E-state index contributed by atoms with van der Waals surface area (Å²) in [6.45, 7) is 8.39. The van der Waals surface area contributed by atoms with Crippen molar-refractivity contribution in [1.29, 1.82) is 0 Å². The van der Waals surface area contributed by atoms with E-state index in [0.29, 0.717) is 11.8 Å². The number of nitrogens with one attached hydrogen (secondary N) is 1. The van der Waals surface area contributed by atoms with E-state index in [1.807, 2.05) is 36.4 Å². The van der Waals surface area contributed by atoms with Crippen molar-refractivity contribution in [2.45, 2.75) is 46.0 Å². The molecule has 1 rings (SSSR count). The van der Waals surface area contributed by atoms with Gasteiger partial charge in [-0.2, -0.15) is 0 Å². The van der Waals surface area contributed by atoms with Gasteiger partial charge in [-0.15, -0.1) is 6.58 Å². The van der Waals surface area contributed by atoms with Gasteiger partial charge < -0.3 is 5.32 Å². The standard InChI is InChI=1S/C19H27N/c1-4-7-12-17(6-3)18(11-5-2)15-16-20-19-13-9-8-10-14-19/h5,8-10,13-14,17-18,20H,2,4,6-7,11-12H2,1,3H3. The minimum absolute atomic E-state index is 0.417. The van der Waals surface area contributed by atoms with Crippen molar-refractivity contribution >= 4 is 5.69 Å². The average Bonchev–Trinajstić information content (AvgIpc) is 2.49. The van der Waals surface area contributed by atoms with Crippen LogP contribution in [0.2, 0.25) is 0 Å². The Balaban J connectivity index is 2.63. The molecular formula is C19H27N. The summed E-state index contributed by atoms with van der Waals surface area (Å²) in [6.07, 6.45) is 7.99. The molecule has 0 amide bonds. The summed E-state index contributed by atoms with van der Waals surface area (Å²) >= 11 is 0. The number of allylic oxidation sites excluding steroid dienone is 1. The third kappa shape index (κ3) is 5.97. The van der Waals surface area contributed by atoms with Gasteiger partial charge in [0.25, 0.3) is 0 Å². The van der Waals surface area contributed by atoms with Gasteiger partial charge in [0.1, 0.15) is 0 Å². The van der Waals surface area contributed by atoms with Crippen LogP contribution in [0.4, 0.5) is 5.69 Å². The molecular weight excluding hydrogens is 242 g/mol. The first-order valence-corrected chi connectivity index (χ1v) is 7.74. The van der Waals surface area contributed by atoms with Crippen molar-refractivity contribution in [2.75, 3.05) is 5.32 Å². The first-order chi connectivity index (χ1) is 9.81. The minimum atomic E-state index is 0.417. The molecule has 1 N–H and O–H groups in total. The zero-order valence-corrected chi connectivity index (χ0v) is 12.9. The highest BCUT2D eigenvalue weighted by atomic mass is 14.8. The molecule has 0 radical (unpaired) electrons. The Morgan fingerprint density at radius 2 is 2.00 bits per heavy atom. The second kappa shape index (κ2) is 10.1. The molecule has 1 aromatic carbocycles. The molecule has 0 saturated carbocycles. The predicted molar refractivity (Wildman–Crippen MR) is 89.5 cm³/mol. The highest BCUT2D eigenvalue weighted by Crippen LogP contribution is 2.24. The summed E-state index contributed by atoms with van der Waals surface area (Å²) in [5, 5.41) is 3.17. The molecule has 1 nitrogen and oxygen atoms in total. The zero-order chi connectivity index (χ0) is 14.6. The van der Waals surface area contributed by atoms with Crippen LogP contribution in [-0.2, 0) is 0 Å². The number of hydrogen-bond acceptors (Lipinski definition) is 1. The normalized spacial score (nSPS) is 12.9. The molecule has 0 fully saturated rings. The molecule has 0 spiro atoms. The summed E-state index contributed by atoms with van der Waals surface area (Å²) in [5.74, 6) is 4.49. The fourth-order valence-electron chi connectivity index (χ4n) is 2.43. The molecule has 1 heteroatoms. The number of unbranched alkanes of at least 4 members (excludes halogenated alkanes) is 1. The maximum atomic E-state index is 3.88. The summed E-state index contributed by atoms with van der Waals surface area (Å²) in [7, 11) is 0. The maximum absolute atomic E-state index is 3.88. The lowest BCUT2D eigenvalue weighted by molar-refractivity contribution is 0.359. The van der Waals surface area contributed by atoms with Crippen molar-refractivity contribution in [1.82, 2.24) is 0 Å². The Hall–Kier alpha value is -1.68. The van der Waals surface area contributed by atoms with E-state index in [1.165, 1.54) is 25.7 Å². The van der Waals surface area contributed by atoms with Crippen molar-refractivity contribution in [2.24, 2.45) is 11.8 Å². The molecule has 1 aromatic rings. The van der Waals surface area contributed by atoms with Gasteiger partial charge in [0.2, 0.25) is 0 Å². The maximum Gasteiger partial charge on any atom is 0.0459 e. The van der Waals surface area contributed by atoms with Gasteiger partial charge in [-0.25, -0.2) is 0 Å². The Bertz CT molecular complexity index is 424. The Kier molecular flexibility index (Phi) is 8.31. The molecule has 0 aliphatic heterocycles. The van der Waals surface area contributed by atoms with Crippen LogP contribution in [-0.4, -0.2) is 0 Å². The Morgan fingerprint density at radius 1 is 1.25 bits per heavy atom. The second-order valence-electron chi connectivity index (χ2n) is 5.20. The van der Waals surface area contributed by atoms with E-state index in [0.717, 1.165) is 12.1 Å². The van der Waals surface area contributed by atoms with E-state index in [-0.39, 0.29) is 0 Å². The third-order valence-electron chi connectivity index (χ3n) is 3.68. The van der Waals surface area contributed by atoms with Gasteiger partial charge in [-0.3, -0.25) is 0 Å². The van der Waals surface area contributed by atoms with Crippen molar-refractivity contribution in [3.63, 3.8) is 0 Å². The number of para-hydroxylation sites is 1. The summed E-state index contributed by atoms with van der Waals surface area (Å²) < 4.78 is 0. The molecule has 0 bridgehead atoms. The number of rotatable bonds is 8. The van der Waals surface area contributed by atoms with E-state index in [2.05, 4.69) is 37.7 Å². The average molecular weight is 269 g/mol. The smallest absolute Gasteiger partial charge is 0.0459 e. The fourth-order valence-corrected chi connectivity index (χ4v) is 2.43. The molecule has 108 valence electrons. The zero-order valence-electron chi connectivity index (χ0n) is 12.9. The van der Waals surface area contributed by atoms with Gasteiger partial charge in [0.15, 0.2) is 0 Å². The van der Waals surface area contributed by atoms with E-state index in [1.54, 1.807) is 0 Å². The van der Waals surface area contributed by atoms with Gasteiger partial charge in [0, 0.05) is 17.6 Å². The first-order valence-electron chi connectivity index (χ1n) is 7.74. The topological polar surface area (TPSA) is 12.0 Å². The highest BCUT2D eigenvalue weighted by molar-refractivity contribution is 5.47. The molecule has 0 aromatic heterocycles. The second-order valence-corrected chi connectivity index (χ2v) is 5.20. The number of hydrogen-bond donors (Lipinski definition) is 1. The predicted octanol–water partition coefficient (Wildman–Crippen LogP) is 5.47. The van der Waals surface area contributed by atoms with Crippen LogP contribution in [0.3, 0.4) is 0 Å². The highest BCUT2D eigenvalue weighted by Gasteiger charge is 2.16. The SMILES string of the molecule is C=CCC(C#CNc1ccccc1)C(CC)CCCC. The Morgan fingerprint density at radius 3 is 2.60 bits per heavy atom. The van der Waals surface area contributed by atoms with Crippen molar-refractivity contribution in [3.8, 4) is 12.0 Å². The van der Waals surface area contributed by atoms with Crippen molar-refractivity contribution in [3.05, 3.63) is 43.0 Å². The van der Waals surface area contributed by atoms with Gasteiger partial charge in [-0.1, -0.05) is 63.3 Å². The lowest BCUT2D eigenvalue weighted by Crippen LogP contribution is -2.12. The molecule has 0 saturated heterocycles. The number of anilines is 1. The van der Waals surface area contributed by atoms with Gasteiger partial charge in [-0.05, 0) is 30.9 Å². The van der Waals surface area contributed by atoms with E-state index < -0.39 is 0 Å². The van der Waals surface area contributed by atoms with Gasteiger partial charge in [0.05, 0.1) is 0 Å². The van der Waals surface area contributed by atoms with Crippen LogP contribution in [0.15, 0.2) is 43.0 Å². The lowest BCUT2D eigenvalue weighted by atomic mass is 9.84. The Labute approximate surface area is 124 Å². The van der Waals surface area contributed by atoms with Crippen LogP contribution >= 0.6 is 0 Å². The first kappa shape index (κ1) is 16.4. The summed E-state index contributed by atoms with van der Waals surface area (Å²) in [5.41, 5.74) is 1.05. The van der Waals surface area contributed by atoms with Crippen LogP contribution in [0, 0.1) is 23.8 Å². The fraction of sp³-hybridized carbons (Fsp3) is 0.474. The number of benzene rings is 1. The quantitative estimate of drug-likeness (QED) is 0.375. The largest absolute Gasteiger partial charge is 0.315 e. The summed E-state index contributed by atoms with van der Waals surface area (Å²) in [4.78, 5) is 0. The van der Waals surface area contributed by atoms with Gasteiger partial charge >= 0.3 is 0 Å². The van der Waals surface area contributed by atoms with Crippen LogP contribution in [0.5, 0.6) is 0 Å². The molecule has 0 aliphatic rings. The van der Waals surface area contributed by atoms with Crippen LogP contribution in [0.1, 0.15) is 46.0 Å². The molecule has 2 atom stereocenters. The molecule has 2 unspecified atom stereocenters. The molecule has 0 aliphatic carbocycles. The monoisotopic (exact) mass is 269 g/mol. The van der Waals surface area contributed by atoms with E-state index >= 15 is 0 Å². The third-order valence-corrected chi connectivity index (χ3v) is 3.68. The van der Waals surface area contributed by atoms with E-state index in [9.17, 15) is 0 Å². The van der Waals surface area contributed by atoms with Crippen LogP contribution in [0.25, 0.3) is 0 Å². The van der Waals surface area contributed by atoms with E-state index in [4.69, 9.17) is 0 Å².